The van der Waals surface area contributed by atoms with Crippen LogP contribution >= 0.6 is 0 Å². The summed E-state index contributed by atoms with van der Waals surface area (Å²) in [6.07, 6.45) is 3.32. The molecule has 5 heteroatoms. The first-order valence-electron chi connectivity index (χ1n) is 8.50. The number of fused-ring (bicyclic) bond motifs is 1. The third-order valence-electron chi connectivity index (χ3n) is 4.40. The van der Waals surface area contributed by atoms with Crippen LogP contribution in [0, 0.1) is 0 Å². The van der Waals surface area contributed by atoms with Crippen LogP contribution in [0.25, 0.3) is 11.6 Å². The molecular formula is C22H16N2O3. The number of pyridine rings is 1. The number of hydrogen-bond donors (Lipinski definition) is 1. The number of phenolic OH excluding ortho intramolecular Hbond substituents is 1. The topological polar surface area (TPSA) is 70.5 Å². The first-order valence-corrected chi connectivity index (χ1v) is 8.50. The van der Waals surface area contributed by atoms with E-state index in [0.29, 0.717) is 28.0 Å². The van der Waals surface area contributed by atoms with Crippen LogP contribution in [-0.4, -0.2) is 26.8 Å². The summed E-state index contributed by atoms with van der Waals surface area (Å²) >= 11 is 0. The minimum Gasteiger partial charge on any atom is -0.508 e. The summed E-state index contributed by atoms with van der Waals surface area (Å²) in [5, 5.41) is 9.71. The fraction of sp³-hybridized carbons (Fsp3) is 0.0455. The maximum absolute atomic E-state index is 13.1. The summed E-state index contributed by atoms with van der Waals surface area (Å²) in [7, 11) is 0. The maximum Gasteiger partial charge on any atom is 0.261 e. The van der Waals surface area contributed by atoms with Gasteiger partial charge in [-0.1, -0.05) is 36.4 Å². The molecule has 3 aromatic rings. The summed E-state index contributed by atoms with van der Waals surface area (Å²) in [6, 6.07) is 19.1. The molecule has 5 nitrogen and oxygen atoms in total. The highest BCUT2D eigenvalue weighted by Crippen LogP contribution is 2.31. The van der Waals surface area contributed by atoms with Crippen molar-refractivity contribution in [3.05, 3.63) is 95.3 Å². The van der Waals surface area contributed by atoms with Gasteiger partial charge in [0, 0.05) is 17.3 Å². The van der Waals surface area contributed by atoms with E-state index < -0.39 is 0 Å². The van der Waals surface area contributed by atoms with Crippen molar-refractivity contribution in [2.45, 2.75) is 6.54 Å². The van der Waals surface area contributed by atoms with E-state index in [1.807, 2.05) is 6.07 Å². The lowest BCUT2D eigenvalue weighted by Gasteiger charge is -2.28. The number of hydrogen-bond acceptors (Lipinski definition) is 4. The fourth-order valence-electron chi connectivity index (χ4n) is 3.12. The molecule has 1 aliphatic rings. The van der Waals surface area contributed by atoms with Crippen molar-refractivity contribution < 1.29 is 14.7 Å². The minimum absolute atomic E-state index is 0.101. The molecule has 1 aliphatic heterocycles. The summed E-state index contributed by atoms with van der Waals surface area (Å²) in [4.78, 5) is 31.5. The van der Waals surface area contributed by atoms with Gasteiger partial charge in [-0.25, -0.2) is 0 Å². The number of rotatable bonds is 3. The lowest BCUT2D eigenvalue weighted by molar-refractivity contribution is -0.123. The standard InChI is InChI=1S/C22H16N2O3/c25-17-8-5-6-15(12-17)13-20-18-9-1-2-10-19(18)21(26)24(22(20)27)14-16-7-3-4-11-23-16/h1-13,25H,14H2. The normalized spacial score (nSPS) is 15.1. The zero-order chi connectivity index (χ0) is 18.8. The highest BCUT2D eigenvalue weighted by molar-refractivity contribution is 6.33. The Kier molecular flexibility index (Phi) is 4.26. The zero-order valence-corrected chi connectivity index (χ0v) is 14.4. The zero-order valence-electron chi connectivity index (χ0n) is 14.4. The Labute approximate surface area is 156 Å². The molecule has 0 saturated carbocycles. The Morgan fingerprint density at radius 2 is 1.67 bits per heavy atom. The molecule has 0 aliphatic carbocycles. The van der Waals surface area contributed by atoms with E-state index in [4.69, 9.17) is 0 Å². The predicted octanol–water partition coefficient (Wildman–Crippen LogP) is 3.51. The first kappa shape index (κ1) is 16.7. The van der Waals surface area contributed by atoms with Crippen molar-refractivity contribution >= 4 is 23.5 Å². The molecular weight excluding hydrogens is 340 g/mol. The van der Waals surface area contributed by atoms with Gasteiger partial charge in [-0.15, -0.1) is 0 Å². The molecule has 0 spiro atoms. The molecule has 1 aromatic heterocycles. The molecule has 0 fully saturated rings. The van der Waals surface area contributed by atoms with Crippen molar-refractivity contribution in [2.75, 3.05) is 0 Å². The summed E-state index contributed by atoms with van der Waals surface area (Å²) in [5.41, 5.74) is 2.79. The van der Waals surface area contributed by atoms with Crippen LogP contribution in [-0.2, 0) is 11.3 Å². The average Bonchev–Trinajstić information content (AvgIpc) is 2.69. The summed E-state index contributed by atoms with van der Waals surface area (Å²) < 4.78 is 0. The van der Waals surface area contributed by atoms with Crippen LogP contribution in [0.4, 0.5) is 0 Å². The highest BCUT2D eigenvalue weighted by atomic mass is 16.3. The smallest absolute Gasteiger partial charge is 0.261 e. The van der Waals surface area contributed by atoms with Crippen LogP contribution in [0.5, 0.6) is 5.75 Å². The minimum atomic E-state index is -0.382. The molecule has 27 heavy (non-hydrogen) atoms. The van der Waals surface area contributed by atoms with E-state index in [1.54, 1.807) is 72.9 Å². The lowest BCUT2D eigenvalue weighted by atomic mass is 9.92. The number of nitrogens with zero attached hydrogens (tertiary/aromatic N) is 2. The van der Waals surface area contributed by atoms with Crippen LogP contribution < -0.4 is 0 Å². The van der Waals surface area contributed by atoms with Crippen LogP contribution in [0.3, 0.4) is 0 Å². The number of carbonyl (C=O) groups excluding carboxylic acids is 2. The largest absolute Gasteiger partial charge is 0.508 e. The van der Waals surface area contributed by atoms with Gasteiger partial charge in [0.15, 0.2) is 0 Å². The van der Waals surface area contributed by atoms with Gasteiger partial charge >= 0.3 is 0 Å². The van der Waals surface area contributed by atoms with Gasteiger partial charge in [0.1, 0.15) is 5.75 Å². The maximum atomic E-state index is 13.1. The van der Waals surface area contributed by atoms with Crippen molar-refractivity contribution in [2.24, 2.45) is 0 Å². The molecule has 4 rings (SSSR count). The van der Waals surface area contributed by atoms with E-state index in [-0.39, 0.29) is 24.1 Å². The first-order chi connectivity index (χ1) is 13.1. The van der Waals surface area contributed by atoms with Gasteiger partial charge in [-0.2, -0.15) is 0 Å². The molecule has 2 heterocycles. The quantitative estimate of drug-likeness (QED) is 0.576. The average molecular weight is 356 g/mol. The fourth-order valence-corrected chi connectivity index (χ4v) is 3.12. The number of carbonyl (C=O) groups is 2. The van der Waals surface area contributed by atoms with Gasteiger partial charge in [0.2, 0.25) is 0 Å². The third-order valence-corrected chi connectivity index (χ3v) is 4.40. The molecule has 2 aromatic carbocycles. The second-order valence-corrected chi connectivity index (χ2v) is 6.22. The van der Waals surface area contributed by atoms with Crippen molar-refractivity contribution in [1.82, 2.24) is 9.88 Å². The van der Waals surface area contributed by atoms with Crippen LogP contribution in [0.2, 0.25) is 0 Å². The van der Waals surface area contributed by atoms with E-state index in [1.165, 1.54) is 4.90 Å². The number of benzene rings is 2. The van der Waals surface area contributed by atoms with Gasteiger partial charge < -0.3 is 5.11 Å². The van der Waals surface area contributed by atoms with Crippen LogP contribution in [0.1, 0.15) is 27.2 Å². The second-order valence-electron chi connectivity index (χ2n) is 6.22. The van der Waals surface area contributed by atoms with Crippen molar-refractivity contribution in [1.29, 1.82) is 0 Å². The molecule has 0 saturated heterocycles. The Morgan fingerprint density at radius 3 is 2.41 bits per heavy atom. The Morgan fingerprint density at radius 1 is 0.889 bits per heavy atom. The Balaban J connectivity index is 1.81. The van der Waals surface area contributed by atoms with Gasteiger partial charge in [-0.05, 0) is 47.5 Å². The van der Waals surface area contributed by atoms with Gasteiger partial charge in [0.25, 0.3) is 11.8 Å². The molecule has 1 N–H and O–H groups in total. The highest BCUT2D eigenvalue weighted by Gasteiger charge is 2.34. The molecule has 132 valence electrons. The lowest BCUT2D eigenvalue weighted by Crippen LogP contribution is -2.41. The number of aromatic hydroxyl groups is 1. The monoisotopic (exact) mass is 356 g/mol. The molecule has 0 unspecified atom stereocenters. The van der Waals surface area contributed by atoms with E-state index >= 15 is 0 Å². The molecule has 0 radical (unpaired) electrons. The van der Waals surface area contributed by atoms with E-state index in [9.17, 15) is 14.7 Å². The van der Waals surface area contributed by atoms with Gasteiger partial charge in [0.05, 0.1) is 12.2 Å². The Hall–Kier alpha value is -3.73. The van der Waals surface area contributed by atoms with E-state index in [2.05, 4.69) is 4.98 Å². The third kappa shape index (κ3) is 3.22. The summed E-state index contributed by atoms with van der Waals surface area (Å²) in [5.74, 6) is -0.607. The molecule has 0 bridgehead atoms. The number of phenols is 1. The number of aromatic nitrogens is 1. The summed E-state index contributed by atoms with van der Waals surface area (Å²) in [6.45, 7) is 0.101. The Bertz CT molecular complexity index is 1060. The molecule has 0 atom stereocenters. The predicted molar refractivity (Wildman–Crippen MR) is 102 cm³/mol. The van der Waals surface area contributed by atoms with E-state index in [0.717, 1.165) is 0 Å². The van der Waals surface area contributed by atoms with Crippen molar-refractivity contribution in [3.63, 3.8) is 0 Å². The van der Waals surface area contributed by atoms with Crippen molar-refractivity contribution in [3.8, 4) is 5.75 Å². The number of imide groups is 1. The number of amides is 2. The SMILES string of the molecule is O=C1C(=Cc2cccc(O)c2)c2ccccc2C(=O)N1Cc1ccccn1. The second kappa shape index (κ2) is 6.88. The van der Waals surface area contributed by atoms with Gasteiger partial charge in [-0.3, -0.25) is 19.5 Å². The molecule has 2 amide bonds. The van der Waals surface area contributed by atoms with Crippen LogP contribution in [0.15, 0.2) is 72.9 Å².